The topological polar surface area (TPSA) is 90.0 Å². The number of rotatable bonds is 5. The largest absolute Gasteiger partial charge is 0.360 e. The van der Waals surface area contributed by atoms with Crippen LogP contribution in [0.3, 0.4) is 0 Å². The van der Waals surface area contributed by atoms with E-state index in [-0.39, 0.29) is 10.7 Å². The Balaban J connectivity index is 1.80. The van der Waals surface area contributed by atoms with Gasteiger partial charge in [0.1, 0.15) is 5.69 Å². The molecule has 0 spiro atoms. The first-order chi connectivity index (χ1) is 11.4. The third-order valence-electron chi connectivity index (χ3n) is 3.72. The fourth-order valence-corrected chi connectivity index (χ4v) is 3.89. The molecule has 7 nitrogen and oxygen atoms in total. The Bertz CT molecular complexity index is 953. The second kappa shape index (κ2) is 6.12. The van der Waals surface area contributed by atoms with E-state index in [4.69, 9.17) is 4.52 Å². The van der Waals surface area contributed by atoms with Crippen LogP contribution in [0.1, 0.15) is 22.6 Å². The van der Waals surface area contributed by atoms with Gasteiger partial charge in [0.05, 0.1) is 18.4 Å². The van der Waals surface area contributed by atoms with E-state index in [1.165, 1.54) is 6.20 Å². The molecule has 0 amide bonds. The molecule has 3 aromatic rings. The zero-order chi connectivity index (χ0) is 17.3. The molecule has 0 radical (unpaired) electrons. The SMILES string of the molecule is Cc1ccccc1Cn1cc(NS(=O)(=O)c2c(C)noc2C)cn1. The summed E-state index contributed by atoms with van der Waals surface area (Å²) >= 11 is 0. The van der Waals surface area contributed by atoms with Crippen molar-refractivity contribution in [3.05, 3.63) is 59.2 Å². The fraction of sp³-hybridized carbons (Fsp3) is 0.250. The van der Waals surface area contributed by atoms with Gasteiger partial charge >= 0.3 is 0 Å². The first-order valence-corrected chi connectivity index (χ1v) is 8.88. The van der Waals surface area contributed by atoms with Crippen molar-refractivity contribution in [2.75, 3.05) is 4.72 Å². The summed E-state index contributed by atoms with van der Waals surface area (Å²) in [6.45, 7) is 5.75. The molecule has 126 valence electrons. The molecule has 0 fully saturated rings. The van der Waals surface area contributed by atoms with Crippen LogP contribution in [0.15, 0.2) is 46.1 Å². The van der Waals surface area contributed by atoms with Gasteiger partial charge in [0.2, 0.25) is 0 Å². The van der Waals surface area contributed by atoms with Crippen molar-refractivity contribution in [3.8, 4) is 0 Å². The molecule has 0 aliphatic carbocycles. The number of anilines is 1. The summed E-state index contributed by atoms with van der Waals surface area (Å²) < 4.78 is 34.1. The molecule has 0 bridgehead atoms. The lowest BCUT2D eigenvalue weighted by Gasteiger charge is -2.06. The molecule has 0 saturated carbocycles. The summed E-state index contributed by atoms with van der Waals surface area (Å²) in [5, 5.41) is 7.89. The lowest BCUT2D eigenvalue weighted by Crippen LogP contribution is -2.14. The monoisotopic (exact) mass is 346 g/mol. The van der Waals surface area contributed by atoms with Crippen LogP contribution in [0.2, 0.25) is 0 Å². The van der Waals surface area contributed by atoms with Gasteiger partial charge in [-0.1, -0.05) is 29.4 Å². The smallest absolute Gasteiger partial charge is 0.267 e. The number of hydrogen-bond acceptors (Lipinski definition) is 5. The van der Waals surface area contributed by atoms with Gasteiger partial charge in [-0.2, -0.15) is 5.10 Å². The number of hydrogen-bond donors (Lipinski definition) is 1. The first kappa shape index (κ1) is 16.3. The fourth-order valence-electron chi connectivity index (χ4n) is 2.53. The summed E-state index contributed by atoms with van der Waals surface area (Å²) in [6.07, 6.45) is 3.14. The van der Waals surface area contributed by atoms with E-state index in [0.29, 0.717) is 17.9 Å². The Kier molecular flexibility index (Phi) is 4.15. The predicted molar refractivity (Wildman–Crippen MR) is 89.3 cm³/mol. The van der Waals surface area contributed by atoms with Crippen molar-refractivity contribution < 1.29 is 12.9 Å². The van der Waals surface area contributed by atoms with Crippen molar-refractivity contribution >= 4 is 15.7 Å². The highest BCUT2D eigenvalue weighted by molar-refractivity contribution is 7.92. The van der Waals surface area contributed by atoms with E-state index >= 15 is 0 Å². The maximum atomic E-state index is 12.5. The highest BCUT2D eigenvalue weighted by atomic mass is 32.2. The van der Waals surface area contributed by atoms with Crippen molar-refractivity contribution in [1.29, 1.82) is 0 Å². The van der Waals surface area contributed by atoms with Crippen LogP contribution < -0.4 is 4.72 Å². The molecule has 0 saturated heterocycles. The molecule has 24 heavy (non-hydrogen) atoms. The summed E-state index contributed by atoms with van der Waals surface area (Å²) in [5.74, 6) is 0.257. The molecule has 1 N–H and O–H groups in total. The Labute approximate surface area is 140 Å². The summed E-state index contributed by atoms with van der Waals surface area (Å²) in [7, 11) is -3.76. The van der Waals surface area contributed by atoms with Gasteiger partial charge in [-0.25, -0.2) is 8.42 Å². The molecule has 0 aliphatic rings. The Hall–Kier alpha value is -2.61. The number of benzene rings is 1. The van der Waals surface area contributed by atoms with Crippen LogP contribution in [-0.4, -0.2) is 23.4 Å². The number of nitrogens with one attached hydrogen (secondary N) is 1. The molecule has 0 unspecified atom stereocenters. The minimum Gasteiger partial charge on any atom is -0.360 e. The van der Waals surface area contributed by atoms with E-state index in [0.717, 1.165) is 11.1 Å². The third kappa shape index (κ3) is 3.18. The molecular formula is C16H18N4O3S. The zero-order valence-corrected chi connectivity index (χ0v) is 14.5. The van der Waals surface area contributed by atoms with Gasteiger partial charge in [-0.3, -0.25) is 9.40 Å². The van der Waals surface area contributed by atoms with Crippen LogP contribution in [0.25, 0.3) is 0 Å². The van der Waals surface area contributed by atoms with Gasteiger partial charge < -0.3 is 4.52 Å². The normalized spacial score (nSPS) is 11.6. The summed E-state index contributed by atoms with van der Waals surface area (Å²) in [5.41, 5.74) is 3.00. The predicted octanol–water partition coefficient (Wildman–Crippen LogP) is 2.65. The average Bonchev–Trinajstić information content (AvgIpc) is 3.08. The molecule has 2 aromatic heterocycles. The van der Waals surface area contributed by atoms with Crippen molar-refractivity contribution in [2.45, 2.75) is 32.2 Å². The van der Waals surface area contributed by atoms with Crippen molar-refractivity contribution in [2.24, 2.45) is 0 Å². The van der Waals surface area contributed by atoms with Crippen LogP contribution in [0, 0.1) is 20.8 Å². The molecule has 3 rings (SSSR count). The first-order valence-electron chi connectivity index (χ1n) is 7.39. The van der Waals surface area contributed by atoms with Crippen molar-refractivity contribution in [3.63, 3.8) is 0 Å². The van der Waals surface area contributed by atoms with Crippen LogP contribution in [0.5, 0.6) is 0 Å². The summed E-state index contributed by atoms with van der Waals surface area (Å²) in [4.78, 5) is 0.0640. The van der Waals surface area contributed by atoms with Crippen LogP contribution in [-0.2, 0) is 16.6 Å². The van der Waals surface area contributed by atoms with Crippen LogP contribution >= 0.6 is 0 Å². The quantitative estimate of drug-likeness (QED) is 0.767. The highest BCUT2D eigenvalue weighted by Crippen LogP contribution is 2.22. The molecule has 2 heterocycles. The Morgan fingerprint density at radius 1 is 1.21 bits per heavy atom. The number of aryl methyl sites for hydroxylation is 3. The van der Waals surface area contributed by atoms with E-state index < -0.39 is 10.0 Å². The lowest BCUT2D eigenvalue weighted by molar-refractivity contribution is 0.390. The number of nitrogens with zero attached hydrogens (tertiary/aromatic N) is 3. The van der Waals surface area contributed by atoms with Gasteiger partial charge in [0, 0.05) is 6.20 Å². The van der Waals surface area contributed by atoms with Gasteiger partial charge in [-0.05, 0) is 31.9 Å². The Morgan fingerprint density at radius 2 is 1.96 bits per heavy atom. The maximum Gasteiger partial charge on any atom is 0.267 e. The van der Waals surface area contributed by atoms with Crippen LogP contribution in [0.4, 0.5) is 5.69 Å². The average molecular weight is 346 g/mol. The van der Waals surface area contributed by atoms with Gasteiger partial charge in [0.15, 0.2) is 10.7 Å². The lowest BCUT2D eigenvalue weighted by atomic mass is 10.1. The molecule has 0 aliphatic heterocycles. The minimum atomic E-state index is -3.76. The molecule has 1 aromatic carbocycles. The van der Waals surface area contributed by atoms with Crippen molar-refractivity contribution in [1.82, 2.24) is 14.9 Å². The molecule has 0 atom stereocenters. The van der Waals surface area contributed by atoms with E-state index in [2.05, 4.69) is 15.0 Å². The minimum absolute atomic E-state index is 0.0640. The van der Waals surface area contributed by atoms with Gasteiger partial charge in [-0.15, -0.1) is 0 Å². The van der Waals surface area contributed by atoms with E-state index in [9.17, 15) is 8.42 Å². The van der Waals surface area contributed by atoms with Gasteiger partial charge in [0.25, 0.3) is 10.0 Å². The third-order valence-corrected chi connectivity index (χ3v) is 5.34. The zero-order valence-electron chi connectivity index (χ0n) is 13.6. The van der Waals surface area contributed by atoms with E-state index in [1.807, 2.05) is 31.2 Å². The molecular weight excluding hydrogens is 328 g/mol. The number of aromatic nitrogens is 3. The summed E-state index contributed by atoms with van der Waals surface area (Å²) in [6, 6.07) is 7.99. The van der Waals surface area contributed by atoms with E-state index in [1.54, 1.807) is 24.7 Å². The maximum absolute atomic E-state index is 12.5. The Morgan fingerprint density at radius 3 is 2.62 bits per heavy atom. The second-order valence-corrected chi connectivity index (χ2v) is 7.23. The standard InChI is InChI=1S/C16H18N4O3S/c1-11-6-4-5-7-14(11)9-20-10-15(8-17-20)19-24(21,22)16-12(2)18-23-13(16)3/h4-8,10,19H,9H2,1-3H3. The number of sulfonamides is 1. The highest BCUT2D eigenvalue weighted by Gasteiger charge is 2.24. The second-order valence-electron chi connectivity index (χ2n) is 5.61. The molecule has 8 heteroatoms.